The summed E-state index contributed by atoms with van der Waals surface area (Å²) in [5, 5.41) is 12.2. The number of imide groups is 1. The largest absolute Gasteiger partial charge is 0.508 e. The molecule has 3 aromatic rings. The molecular formula is C23H16N2O6. The maximum Gasteiger partial charge on any atom is 0.261 e. The highest BCUT2D eigenvalue weighted by Gasteiger charge is 2.36. The highest BCUT2D eigenvalue weighted by Crippen LogP contribution is 2.34. The molecule has 0 aliphatic carbocycles. The zero-order valence-corrected chi connectivity index (χ0v) is 16.1. The Kier molecular flexibility index (Phi) is 4.32. The van der Waals surface area contributed by atoms with Crippen LogP contribution in [0.2, 0.25) is 0 Å². The number of ether oxygens (including phenoxy) is 2. The predicted molar refractivity (Wildman–Crippen MR) is 109 cm³/mol. The molecule has 8 heteroatoms. The molecule has 0 radical (unpaired) electrons. The molecule has 5 rings (SSSR count). The number of hydrogen-bond donors (Lipinski definition) is 2. The number of amides is 3. The van der Waals surface area contributed by atoms with Crippen molar-refractivity contribution in [2.45, 2.75) is 6.54 Å². The molecule has 0 saturated carbocycles. The maximum absolute atomic E-state index is 12.9. The molecule has 2 aliphatic heterocycles. The Bertz CT molecular complexity index is 1250. The van der Waals surface area contributed by atoms with Crippen LogP contribution < -0.4 is 14.8 Å². The third kappa shape index (κ3) is 3.33. The lowest BCUT2D eigenvalue weighted by Crippen LogP contribution is -2.29. The Balaban J connectivity index is 1.37. The van der Waals surface area contributed by atoms with E-state index in [9.17, 15) is 19.5 Å². The Morgan fingerprint density at radius 3 is 2.58 bits per heavy atom. The number of rotatable bonds is 4. The molecule has 2 heterocycles. The second-order valence-electron chi connectivity index (χ2n) is 7.15. The number of phenols is 1. The fraction of sp³-hybridized carbons (Fsp3) is 0.0870. The molecule has 3 amide bonds. The quantitative estimate of drug-likeness (QED) is 0.633. The van der Waals surface area contributed by atoms with Crippen LogP contribution in [0.4, 0.5) is 5.69 Å². The van der Waals surface area contributed by atoms with Gasteiger partial charge < -0.3 is 19.9 Å². The number of carbonyl (C=O) groups excluding carboxylic acids is 3. The van der Waals surface area contributed by atoms with E-state index < -0.39 is 17.7 Å². The summed E-state index contributed by atoms with van der Waals surface area (Å²) in [7, 11) is 0. The van der Waals surface area contributed by atoms with Crippen molar-refractivity contribution < 1.29 is 29.0 Å². The molecule has 2 N–H and O–H groups in total. The Labute approximate surface area is 176 Å². The molecule has 0 spiro atoms. The first-order valence-corrected chi connectivity index (χ1v) is 9.49. The second kappa shape index (κ2) is 7.17. The minimum Gasteiger partial charge on any atom is -0.508 e. The van der Waals surface area contributed by atoms with Gasteiger partial charge in [-0.25, -0.2) is 0 Å². The second-order valence-corrected chi connectivity index (χ2v) is 7.15. The molecule has 8 nitrogen and oxygen atoms in total. The van der Waals surface area contributed by atoms with E-state index in [0.717, 1.165) is 10.5 Å². The summed E-state index contributed by atoms with van der Waals surface area (Å²) in [6.07, 6.45) is 0. The normalized spacial score (nSPS) is 14.0. The molecule has 0 fully saturated rings. The third-order valence-corrected chi connectivity index (χ3v) is 5.11. The lowest BCUT2D eigenvalue weighted by Gasteiger charge is -2.14. The van der Waals surface area contributed by atoms with Crippen LogP contribution >= 0.6 is 0 Å². The van der Waals surface area contributed by atoms with Crippen LogP contribution in [0, 0.1) is 0 Å². The van der Waals surface area contributed by atoms with Gasteiger partial charge in [0, 0.05) is 17.3 Å². The summed E-state index contributed by atoms with van der Waals surface area (Å²) in [4.78, 5) is 39.4. The standard InChI is InChI=1S/C23H16N2O6/c26-16-3-1-2-15(10-16)24-21(27)14-5-6-17-18(9-14)23(29)25(22(17)28)11-13-4-7-19-20(8-13)31-12-30-19/h1-10,26H,11-12H2,(H,24,27). The zero-order chi connectivity index (χ0) is 21.5. The van der Waals surface area contributed by atoms with Crippen molar-refractivity contribution in [2.24, 2.45) is 0 Å². The van der Waals surface area contributed by atoms with Gasteiger partial charge in [-0.3, -0.25) is 19.3 Å². The summed E-state index contributed by atoms with van der Waals surface area (Å²) < 4.78 is 10.6. The van der Waals surface area contributed by atoms with E-state index in [2.05, 4.69) is 5.32 Å². The molecule has 0 unspecified atom stereocenters. The van der Waals surface area contributed by atoms with Crippen molar-refractivity contribution >= 4 is 23.4 Å². The number of nitrogens with one attached hydrogen (secondary N) is 1. The van der Waals surface area contributed by atoms with Gasteiger partial charge >= 0.3 is 0 Å². The smallest absolute Gasteiger partial charge is 0.261 e. The van der Waals surface area contributed by atoms with Crippen LogP contribution in [0.25, 0.3) is 0 Å². The van der Waals surface area contributed by atoms with Crippen molar-refractivity contribution in [3.05, 3.63) is 82.9 Å². The molecule has 0 bridgehead atoms. The average molecular weight is 416 g/mol. The first kappa shape index (κ1) is 18.7. The summed E-state index contributed by atoms with van der Waals surface area (Å²) >= 11 is 0. The number of hydrogen-bond acceptors (Lipinski definition) is 6. The summed E-state index contributed by atoms with van der Waals surface area (Å²) in [6.45, 7) is 0.215. The van der Waals surface area contributed by atoms with Crippen LogP contribution in [-0.2, 0) is 6.54 Å². The number of benzene rings is 3. The lowest BCUT2D eigenvalue weighted by molar-refractivity contribution is 0.0642. The van der Waals surface area contributed by atoms with Gasteiger partial charge in [-0.15, -0.1) is 0 Å². The minimum atomic E-state index is -0.468. The highest BCUT2D eigenvalue weighted by atomic mass is 16.7. The number of fused-ring (bicyclic) bond motifs is 2. The Morgan fingerprint density at radius 1 is 0.935 bits per heavy atom. The Morgan fingerprint density at radius 2 is 1.74 bits per heavy atom. The number of aromatic hydroxyl groups is 1. The van der Waals surface area contributed by atoms with Crippen LogP contribution in [0.15, 0.2) is 60.7 Å². The van der Waals surface area contributed by atoms with Gasteiger partial charge in [0.2, 0.25) is 6.79 Å². The van der Waals surface area contributed by atoms with Crippen molar-refractivity contribution in [1.82, 2.24) is 4.90 Å². The van der Waals surface area contributed by atoms with E-state index in [0.29, 0.717) is 17.2 Å². The lowest BCUT2D eigenvalue weighted by atomic mass is 10.1. The van der Waals surface area contributed by atoms with Crippen molar-refractivity contribution in [1.29, 1.82) is 0 Å². The van der Waals surface area contributed by atoms with Gasteiger partial charge in [-0.05, 0) is 48.0 Å². The van der Waals surface area contributed by atoms with E-state index >= 15 is 0 Å². The first-order chi connectivity index (χ1) is 15.0. The van der Waals surface area contributed by atoms with E-state index in [1.54, 1.807) is 30.3 Å². The fourth-order valence-corrected chi connectivity index (χ4v) is 3.58. The fourth-order valence-electron chi connectivity index (χ4n) is 3.58. The number of phenolic OH excluding ortho intramolecular Hbond substituents is 1. The predicted octanol–water partition coefficient (Wildman–Crippen LogP) is 3.17. The Hall–Kier alpha value is -4.33. The molecule has 2 aliphatic rings. The summed E-state index contributed by atoms with van der Waals surface area (Å²) in [5.74, 6) is -0.134. The molecule has 0 aromatic heterocycles. The number of carbonyl (C=O) groups is 3. The van der Waals surface area contributed by atoms with Gasteiger partial charge in [-0.1, -0.05) is 12.1 Å². The molecule has 154 valence electrons. The number of anilines is 1. The van der Waals surface area contributed by atoms with Crippen molar-refractivity contribution in [3.8, 4) is 17.2 Å². The van der Waals surface area contributed by atoms with Crippen LogP contribution in [0.3, 0.4) is 0 Å². The molecule has 0 saturated heterocycles. The maximum atomic E-state index is 12.9. The molecular weight excluding hydrogens is 400 g/mol. The van der Waals surface area contributed by atoms with E-state index in [4.69, 9.17) is 9.47 Å². The van der Waals surface area contributed by atoms with Gasteiger partial charge in [0.15, 0.2) is 11.5 Å². The SMILES string of the molecule is O=C(Nc1cccc(O)c1)c1ccc2c(c1)C(=O)N(Cc1ccc3c(c1)OCO3)C2=O. The van der Waals surface area contributed by atoms with E-state index in [-0.39, 0.29) is 35.8 Å². The monoisotopic (exact) mass is 416 g/mol. The van der Waals surface area contributed by atoms with Gasteiger partial charge in [0.25, 0.3) is 17.7 Å². The summed E-state index contributed by atoms with van der Waals surface area (Å²) in [5.41, 5.74) is 1.79. The first-order valence-electron chi connectivity index (χ1n) is 9.49. The third-order valence-electron chi connectivity index (χ3n) is 5.11. The van der Waals surface area contributed by atoms with Crippen LogP contribution in [-0.4, -0.2) is 34.5 Å². The number of nitrogens with zero attached hydrogens (tertiary/aromatic N) is 1. The minimum absolute atomic E-state index is 0.0201. The zero-order valence-electron chi connectivity index (χ0n) is 16.1. The van der Waals surface area contributed by atoms with Gasteiger partial charge in [0.05, 0.1) is 17.7 Å². The van der Waals surface area contributed by atoms with Gasteiger partial charge in [-0.2, -0.15) is 0 Å². The summed E-state index contributed by atoms with van der Waals surface area (Å²) in [6, 6.07) is 15.8. The van der Waals surface area contributed by atoms with Crippen LogP contribution in [0.5, 0.6) is 17.2 Å². The van der Waals surface area contributed by atoms with Crippen molar-refractivity contribution in [2.75, 3.05) is 12.1 Å². The van der Waals surface area contributed by atoms with Crippen LogP contribution in [0.1, 0.15) is 36.6 Å². The van der Waals surface area contributed by atoms with E-state index in [1.165, 1.54) is 30.3 Å². The average Bonchev–Trinajstić information content (AvgIpc) is 3.32. The molecule has 3 aromatic carbocycles. The highest BCUT2D eigenvalue weighted by molar-refractivity contribution is 6.22. The topological polar surface area (TPSA) is 105 Å². The molecule has 31 heavy (non-hydrogen) atoms. The van der Waals surface area contributed by atoms with E-state index in [1.807, 2.05) is 0 Å². The molecule has 0 atom stereocenters. The van der Waals surface area contributed by atoms with Gasteiger partial charge in [0.1, 0.15) is 5.75 Å². The van der Waals surface area contributed by atoms with Crippen molar-refractivity contribution in [3.63, 3.8) is 0 Å².